The number of carbonyl (C=O) groups is 1. The van der Waals surface area contributed by atoms with Gasteiger partial charge in [0.2, 0.25) is 5.91 Å². The van der Waals surface area contributed by atoms with Crippen LogP contribution in [0.4, 0.5) is 4.39 Å². The number of hydrogen-bond donors (Lipinski definition) is 1. The summed E-state index contributed by atoms with van der Waals surface area (Å²) in [7, 11) is 0. The number of amides is 1. The van der Waals surface area contributed by atoms with Crippen LogP contribution >= 0.6 is 11.8 Å². The molecule has 1 amide bonds. The first kappa shape index (κ1) is 23.7. The molecule has 0 aliphatic heterocycles. The molecule has 4 rings (SSSR count). The largest absolute Gasteiger partial charge is 0.356 e. The Labute approximate surface area is 202 Å². The van der Waals surface area contributed by atoms with Crippen molar-refractivity contribution in [1.29, 1.82) is 0 Å². The third kappa shape index (κ3) is 6.11. The van der Waals surface area contributed by atoms with Crippen molar-refractivity contribution >= 4 is 17.7 Å². The van der Waals surface area contributed by atoms with Gasteiger partial charge in [-0.25, -0.2) is 4.39 Å². The molecule has 0 aliphatic carbocycles. The number of carbonyl (C=O) groups excluding carboxylic acids is 1. The van der Waals surface area contributed by atoms with E-state index in [2.05, 4.69) is 39.7 Å². The second kappa shape index (κ2) is 11.1. The number of hydrogen-bond acceptors (Lipinski definition) is 5. The van der Waals surface area contributed by atoms with Crippen molar-refractivity contribution in [3.8, 4) is 5.69 Å². The highest BCUT2D eigenvalue weighted by Gasteiger charge is 2.15. The molecule has 0 aliphatic rings. The minimum absolute atomic E-state index is 0.0462. The molecular formula is C25H27FN6OS. The van der Waals surface area contributed by atoms with Gasteiger partial charge in [-0.15, -0.1) is 10.2 Å². The molecule has 1 N–H and O–H groups in total. The van der Waals surface area contributed by atoms with E-state index in [1.54, 1.807) is 28.6 Å². The lowest BCUT2D eigenvalue weighted by molar-refractivity contribution is -0.121. The summed E-state index contributed by atoms with van der Waals surface area (Å²) in [6, 6.07) is 16.4. The molecule has 4 aromatic rings. The molecule has 0 bridgehead atoms. The first-order chi connectivity index (χ1) is 16.5. The van der Waals surface area contributed by atoms with Gasteiger partial charge in [0.15, 0.2) is 5.16 Å². The zero-order valence-corrected chi connectivity index (χ0v) is 20.1. The Hall–Kier alpha value is -3.46. The van der Waals surface area contributed by atoms with Crippen molar-refractivity contribution < 1.29 is 9.18 Å². The number of rotatable bonds is 10. The van der Waals surface area contributed by atoms with Crippen LogP contribution in [0, 0.1) is 19.7 Å². The molecule has 0 atom stereocenters. The minimum Gasteiger partial charge on any atom is -0.356 e. The van der Waals surface area contributed by atoms with Crippen LogP contribution in [0.25, 0.3) is 5.69 Å². The molecule has 2 aromatic heterocycles. The van der Waals surface area contributed by atoms with Crippen molar-refractivity contribution in [1.82, 2.24) is 29.9 Å². The second-order valence-corrected chi connectivity index (χ2v) is 8.94. The van der Waals surface area contributed by atoms with Gasteiger partial charge in [0.05, 0.1) is 5.69 Å². The summed E-state index contributed by atoms with van der Waals surface area (Å²) in [4.78, 5) is 12.3. The summed E-state index contributed by atoms with van der Waals surface area (Å²) in [5, 5.41) is 16.7. The van der Waals surface area contributed by atoms with Crippen LogP contribution in [0.3, 0.4) is 0 Å². The average Bonchev–Trinajstić information content (AvgIpc) is 3.43. The number of halogens is 1. The minimum atomic E-state index is -0.299. The van der Waals surface area contributed by atoms with Gasteiger partial charge in [0, 0.05) is 43.6 Å². The van der Waals surface area contributed by atoms with Crippen molar-refractivity contribution in [3.63, 3.8) is 0 Å². The molecule has 9 heteroatoms. The SMILES string of the molecule is Cc1ccn(CCC(=O)NCCc2nnc(SCc3ccccc3C)n2-c2ccc(F)cc2)n1. The molecule has 2 heterocycles. The Morgan fingerprint density at radius 2 is 1.85 bits per heavy atom. The smallest absolute Gasteiger partial charge is 0.221 e. The van der Waals surface area contributed by atoms with E-state index in [9.17, 15) is 9.18 Å². The summed E-state index contributed by atoms with van der Waals surface area (Å²) < 4.78 is 17.2. The summed E-state index contributed by atoms with van der Waals surface area (Å²) in [6.07, 6.45) is 2.72. The van der Waals surface area contributed by atoms with Crippen LogP contribution in [0.2, 0.25) is 0 Å². The summed E-state index contributed by atoms with van der Waals surface area (Å²) in [5.74, 6) is 1.11. The van der Waals surface area contributed by atoms with Gasteiger partial charge in [-0.1, -0.05) is 36.0 Å². The van der Waals surface area contributed by atoms with Gasteiger partial charge >= 0.3 is 0 Å². The van der Waals surface area contributed by atoms with Crippen molar-refractivity contribution in [2.24, 2.45) is 0 Å². The Balaban J connectivity index is 1.42. The Morgan fingerprint density at radius 3 is 2.59 bits per heavy atom. The van der Waals surface area contributed by atoms with E-state index in [-0.39, 0.29) is 11.7 Å². The molecule has 0 saturated heterocycles. The van der Waals surface area contributed by atoms with Crippen molar-refractivity contribution in [3.05, 3.63) is 89.3 Å². The van der Waals surface area contributed by atoms with E-state index >= 15 is 0 Å². The fraction of sp³-hybridized carbons (Fsp3) is 0.280. The lowest BCUT2D eigenvalue weighted by Gasteiger charge is -2.11. The summed E-state index contributed by atoms with van der Waals surface area (Å²) in [6.45, 7) is 4.97. The maximum atomic E-state index is 13.5. The highest BCUT2D eigenvalue weighted by atomic mass is 32.2. The van der Waals surface area contributed by atoms with Gasteiger partial charge in [-0.3, -0.25) is 14.0 Å². The van der Waals surface area contributed by atoms with Gasteiger partial charge in [0.25, 0.3) is 0 Å². The van der Waals surface area contributed by atoms with Crippen molar-refractivity contribution in [2.75, 3.05) is 6.54 Å². The Morgan fingerprint density at radius 1 is 1.06 bits per heavy atom. The number of nitrogens with zero attached hydrogens (tertiary/aromatic N) is 5. The van der Waals surface area contributed by atoms with Crippen LogP contribution in [-0.2, 0) is 23.5 Å². The van der Waals surface area contributed by atoms with Gasteiger partial charge in [-0.05, 0) is 55.3 Å². The Kier molecular flexibility index (Phi) is 7.74. The molecule has 7 nitrogen and oxygen atoms in total. The van der Waals surface area contributed by atoms with Gasteiger partial charge in [-0.2, -0.15) is 5.10 Å². The average molecular weight is 479 g/mol. The van der Waals surface area contributed by atoms with Crippen LogP contribution in [0.15, 0.2) is 66.0 Å². The molecule has 34 heavy (non-hydrogen) atoms. The molecule has 0 spiro atoms. The first-order valence-corrected chi connectivity index (χ1v) is 12.1. The number of benzene rings is 2. The number of nitrogens with one attached hydrogen (secondary N) is 1. The molecule has 0 radical (unpaired) electrons. The zero-order chi connectivity index (χ0) is 23.9. The molecular weight excluding hydrogens is 451 g/mol. The van der Waals surface area contributed by atoms with E-state index in [1.807, 2.05) is 35.9 Å². The molecule has 2 aromatic carbocycles. The van der Waals surface area contributed by atoms with Gasteiger partial charge < -0.3 is 5.32 Å². The molecule has 0 unspecified atom stereocenters. The van der Waals surface area contributed by atoms with E-state index in [0.29, 0.717) is 31.8 Å². The molecule has 0 saturated carbocycles. The van der Waals surface area contributed by atoms with E-state index in [0.717, 1.165) is 22.3 Å². The highest BCUT2D eigenvalue weighted by Crippen LogP contribution is 2.26. The third-order valence-electron chi connectivity index (χ3n) is 5.42. The monoisotopic (exact) mass is 478 g/mol. The van der Waals surface area contributed by atoms with Gasteiger partial charge in [0.1, 0.15) is 11.6 Å². The molecule has 0 fully saturated rings. The highest BCUT2D eigenvalue weighted by molar-refractivity contribution is 7.98. The fourth-order valence-corrected chi connectivity index (χ4v) is 4.57. The predicted molar refractivity (Wildman–Crippen MR) is 130 cm³/mol. The number of thioether (sulfide) groups is 1. The third-order valence-corrected chi connectivity index (χ3v) is 6.39. The number of aromatic nitrogens is 5. The standard InChI is InChI=1S/C25H27FN6OS/c1-18-5-3-4-6-20(18)17-34-25-29-28-23(32(25)22-9-7-21(26)8-10-22)11-14-27-24(33)13-16-31-15-12-19(2)30-31/h3-10,12,15H,11,13-14,16-17H2,1-2H3,(H,27,33). The Bertz CT molecular complexity index is 1250. The quantitative estimate of drug-likeness (QED) is 0.345. The normalized spacial score (nSPS) is 11.0. The second-order valence-electron chi connectivity index (χ2n) is 8.00. The topological polar surface area (TPSA) is 77.6 Å². The summed E-state index contributed by atoms with van der Waals surface area (Å²) in [5.41, 5.74) is 4.16. The number of aryl methyl sites for hydroxylation is 3. The lowest BCUT2D eigenvalue weighted by Crippen LogP contribution is -2.27. The summed E-state index contributed by atoms with van der Waals surface area (Å²) >= 11 is 1.58. The maximum Gasteiger partial charge on any atom is 0.221 e. The van der Waals surface area contributed by atoms with E-state index in [4.69, 9.17) is 0 Å². The predicted octanol–water partition coefficient (Wildman–Crippen LogP) is 4.26. The fourth-order valence-electron chi connectivity index (χ4n) is 3.53. The van der Waals surface area contributed by atoms with Crippen molar-refractivity contribution in [2.45, 2.75) is 44.1 Å². The van der Waals surface area contributed by atoms with Crippen LogP contribution in [-0.4, -0.2) is 37.0 Å². The van der Waals surface area contributed by atoms with E-state index in [1.165, 1.54) is 23.3 Å². The van der Waals surface area contributed by atoms with E-state index < -0.39 is 0 Å². The lowest BCUT2D eigenvalue weighted by atomic mass is 10.1. The van der Waals surface area contributed by atoms with Crippen LogP contribution in [0.1, 0.15) is 29.1 Å². The van der Waals surface area contributed by atoms with Crippen LogP contribution < -0.4 is 5.32 Å². The first-order valence-electron chi connectivity index (χ1n) is 11.1. The van der Waals surface area contributed by atoms with Crippen LogP contribution in [0.5, 0.6) is 0 Å². The zero-order valence-electron chi connectivity index (χ0n) is 19.2. The molecule has 176 valence electrons. The maximum absolute atomic E-state index is 13.5.